The number of aryl methyl sites for hydroxylation is 1. The third-order valence-corrected chi connectivity index (χ3v) is 1.67. The number of benzene rings is 1. The topological polar surface area (TPSA) is 76.2 Å². The lowest BCUT2D eigenvalue weighted by Crippen LogP contribution is -2.00. The van der Waals surface area contributed by atoms with Crippen molar-refractivity contribution in [3.05, 3.63) is 33.9 Å². The number of rotatable bonds is 3. The summed E-state index contributed by atoms with van der Waals surface area (Å²) in [6.07, 6.45) is 0. The smallest absolute Gasteiger partial charge is 0.311 e. The highest BCUT2D eigenvalue weighted by atomic mass is 16.6. The van der Waals surface area contributed by atoms with E-state index >= 15 is 0 Å². The highest BCUT2D eigenvalue weighted by molar-refractivity contribution is 5.51. The van der Waals surface area contributed by atoms with Crippen molar-refractivity contribution in [2.24, 2.45) is 0 Å². The van der Waals surface area contributed by atoms with Gasteiger partial charge in [-0.15, -0.1) is 0 Å². The third kappa shape index (κ3) is 1.98. The molecule has 5 nitrogen and oxygen atoms in total. The van der Waals surface area contributed by atoms with Crippen LogP contribution in [0, 0.1) is 28.4 Å². The monoisotopic (exact) mass is 192 g/mol. The predicted octanol–water partition coefficient (Wildman–Crippen LogP) is 1.81. The van der Waals surface area contributed by atoms with Gasteiger partial charge in [0.15, 0.2) is 6.61 Å². The number of para-hydroxylation sites is 1. The molecule has 0 aromatic heterocycles. The molecular formula is C9H8N2O3. The number of nitrogens with zero attached hydrogens (tertiary/aromatic N) is 2. The van der Waals surface area contributed by atoms with E-state index in [-0.39, 0.29) is 18.0 Å². The van der Waals surface area contributed by atoms with Crippen LogP contribution in [0.25, 0.3) is 0 Å². The summed E-state index contributed by atoms with van der Waals surface area (Å²) in [5.74, 6) is 0.166. The molecule has 0 saturated carbocycles. The molecule has 1 aromatic carbocycles. The van der Waals surface area contributed by atoms with Crippen LogP contribution in [0.1, 0.15) is 5.56 Å². The Labute approximate surface area is 80.7 Å². The van der Waals surface area contributed by atoms with E-state index < -0.39 is 4.92 Å². The van der Waals surface area contributed by atoms with Gasteiger partial charge >= 0.3 is 5.69 Å². The number of nitro benzene ring substituents is 1. The SMILES string of the molecule is Cc1cccc([N+](=O)[O-])c1OCC#N. The minimum atomic E-state index is -0.528. The van der Waals surface area contributed by atoms with E-state index in [4.69, 9.17) is 10.00 Å². The molecule has 0 bridgehead atoms. The van der Waals surface area contributed by atoms with Crippen LogP contribution in [-0.2, 0) is 0 Å². The zero-order valence-corrected chi connectivity index (χ0v) is 7.56. The van der Waals surface area contributed by atoms with E-state index in [2.05, 4.69) is 0 Å². The van der Waals surface area contributed by atoms with Crippen molar-refractivity contribution in [1.29, 1.82) is 5.26 Å². The van der Waals surface area contributed by atoms with Gasteiger partial charge in [0.05, 0.1) is 4.92 Å². The Kier molecular flexibility index (Phi) is 3.02. The summed E-state index contributed by atoms with van der Waals surface area (Å²) in [4.78, 5) is 10.1. The molecule has 1 rings (SSSR count). The molecule has 5 heteroatoms. The first-order valence-corrected chi connectivity index (χ1v) is 3.90. The first-order valence-electron chi connectivity index (χ1n) is 3.90. The van der Waals surface area contributed by atoms with E-state index in [1.807, 2.05) is 0 Å². The van der Waals surface area contributed by atoms with Crippen molar-refractivity contribution in [2.75, 3.05) is 6.61 Å². The Hall–Kier alpha value is -2.09. The van der Waals surface area contributed by atoms with Crippen LogP contribution in [0.5, 0.6) is 5.75 Å². The van der Waals surface area contributed by atoms with Gasteiger partial charge < -0.3 is 4.74 Å². The van der Waals surface area contributed by atoms with E-state index in [9.17, 15) is 10.1 Å². The molecule has 0 aliphatic rings. The van der Waals surface area contributed by atoms with E-state index in [0.717, 1.165) is 0 Å². The number of ether oxygens (including phenoxy) is 1. The third-order valence-electron chi connectivity index (χ3n) is 1.67. The lowest BCUT2D eigenvalue weighted by atomic mass is 10.2. The second-order valence-corrected chi connectivity index (χ2v) is 2.63. The highest BCUT2D eigenvalue weighted by Gasteiger charge is 2.16. The summed E-state index contributed by atoms with van der Waals surface area (Å²) < 4.78 is 4.98. The molecule has 0 amide bonds. The van der Waals surface area contributed by atoms with Crippen LogP contribution in [0.2, 0.25) is 0 Å². The van der Waals surface area contributed by atoms with E-state index in [1.165, 1.54) is 6.07 Å². The van der Waals surface area contributed by atoms with Crippen LogP contribution >= 0.6 is 0 Å². The number of nitro groups is 1. The van der Waals surface area contributed by atoms with Gasteiger partial charge in [0, 0.05) is 6.07 Å². The average molecular weight is 192 g/mol. The molecule has 0 atom stereocenters. The van der Waals surface area contributed by atoms with Crippen molar-refractivity contribution >= 4 is 5.69 Å². The van der Waals surface area contributed by atoms with Crippen LogP contribution in [0.3, 0.4) is 0 Å². The van der Waals surface area contributed by atoms with Crippen LogP contribution in [0.4, 0.5) is 5.69 Å². The molecule has 0 unspecified atom stereocenters. The van der Waals surface area contributed by atoms with Crippen molar-refractivity contribution in [2.45, 2.75) is 6.92 Å². The normalized spacial score (nSPS) is 9.14. The predicted molar refractivity (Wildman–Crippen MR) is 48.9 cm³/mol. The van der Waals surface area contributed by atoms with Crippen molar-refractivity contribution in [1.82, 2.24) is 0 Å². The molecule has 72 valence electrons. The molecular weight excluding hydrogens is 184 g/mol. The number of nitriles is 1. The van der Waals surface area contributed by atoms with Gasteiger partial charge in [0.2, 0.25) is 5.75 Å². The summed E-state index contributed by atoms with van der Waals surface area (Å²) in [5, 5.41) is 18.9. The molecule has 0 fully saturated rings. The first kappa shape index (κ1) is 9.99. The zero-order valence-electron chi connectivity index (χ0n) is 7.56. The number of hydrogen-bond acceptors (Lipinski definition) is 4. The van der Waals surface area contributed by atoms with Gasteiger partial charge in [0.25, 0.3) is 0 Å². The molecule has 0 radical (unpaired) electrons. The Morgan fingerprint density at radius 1 is 1.64 bits per heavy atom. The van der Waals surface area contributed by atoms with Gasteiger partial charge in [-0.05, 0) is 12.5 Å². The highest BCUT2D eigenvalue weighted by Crippen LogP contribution is 2.29. The summed E-state index contributed by atoms with van der Waals surface area (Å²) in [5.41, 5.74) is 0.537. The maximum Gasteiger partial charge on any atom is 0.311 e. The Balaban J connectivity index is 3.10. The van der Waals surface area contributed by atoms with E-state index in [1.54, 1.807) is 25.1 Å². The van der Waals surface area contributed by atoms with Gasteiger partial charge in [-0.2, -0.15) is 5.26 Å². The minimum absolute atomic E-state index is 0.111. The lowest BCUT2D eigenvalue weighted by molar-refractivity contribution is -0.385. The molecule has 0 heterocycles. The molecule has 0 N–H and O–H groups in total. The Morgan fingerprint density at radius 2 is 2.36 bits per heavy atom. The molecule has 0 spiro atoms. The van der Waals surface area contributed by atoms with E-state index in [0.29, 0.717) is 5.56 Å². The average Bonchev–Trinajstić information content (AvgIpc) is 2.15. The van der Waals surface area contributed by atoms with Gasteiger partial charge in [0.1, 0.15) is 6.07 Å². The Morgan fingerprint density at radius 3 is 2.93 bits per heavy atom. The Bertz CT molecular complexity index is 396. The molecule has 0 aliphatic carbocycles. The van der Waals surface area contributed by atoms with Crippen molar-refractivity contribution in [3.63, 3.8) is 0 Å². The molecule has 14 heavy (non-hydrogen) atoms. The largest absolute Gasteiger partial charge is 0.471 e. The van der Waals surface area contributed by atoms with Crippen molar-refractivity contribution < 1.29 is 9.66 Å². The fraction of sp³-hybridized carbons (Fsp3) is 0.222. The molecule has 0 aliphatic heterocycles. The summed E-state index contributed by atoms with van der Waals surface area (Å²) in [6, 6.07) is 6.38. The zero-order chi connectivity index (χ0) is 10.6. The molecule has 0 saturated heterocycles. The minimum Gasteiger partial charge on any atom is -0.471 e. The van der Waals surface area contributed by atoms with Crippen molar-refractivity contribution in [3.8, 4) is 11.8 Å². The standard InChI is InChI=1S/C9H8N2O3/c1-7-3-2-4-8(11(12)13)9(7)14-6-5-10/h2-4H,6H2,1H3. The van der Waals surface area contributed by atoms with Gasteiger partial charge in [-0.1, -0.05) is 12.1 Å². The van der Waals surface area contributed by atoms with Crippen LogP contribution < -0.4 is 4.74 Å². The van der Waals surface area contributed by atoms with Gasteiger partial charge in [-0.3, -0.25) is 10.1 Å². The maximum absolute atomic E-state index is 10.6. The van der Waals surface area contributed by atoms with Gasteiger partial charge in [-0.25, -0.2) is 0 Å². The fourth-order valence-electron chi connectivity index (χ4n) is 1.07. The van der Waals surface area contributed by atoms with Crippen LogP contribution in [-0.4, -0.2) is 11.5 Å². The summed E-state index contributed by atoms with van der Waals surface area (Å²) in [6.45, 7) is 1.51. The lowest BCUT2D eigenvalue weighted by Gasteiger charge is -2.05. The quantitative estimate of drug-likeness (QED) is 0.540. The second-order valence-electron chi connectivity index (χ2n) is 2.63. The summed E-state index contributed by atoms with van der Waals surface area (Å²) >= 11 is 0. The first-order chi connectivity index (χ1) is 6.66. The summed E-state index contributed by atoms with van der Waals surface area (Å²) in [7, 11) is 0. The number of hydrogen-bond donors (Lipinski definition) is 0. The second kappa shape index (κ2) is 4.23. The maximum atomic E-state index is 10.6. The van der Waals surface area contributed by atoms with Crippen LogP contribution in [0.15, 0.2) is 18.2 Å². The molecule has 1 aromatic rings. The fourth-order valence-corrected chi connectivity index (χ4v) is 1.07.